The third-order valence-electron chi connectivity index (χ3n) is 4.67. The predicted molar refractivity (Wildman–Crippen MR) is 99.1 cm³/mol. The summed E-state index contributed by atoms with van der Waals surface area (Å²) in [5.74, 6) is 1.55. The predicted octanol–water partition coefficient (Wildman–Crippen LogP) is 2.60. The summed E-state index contributed by atoms with van der Waals surface area (Å²) in [6, 6.07) is 9.18. The van der Waals surface area contributed by atoms with E-state index in [2.05, 4.69) is 26.7 Å². The maximum absolute atomic E-state index is 12.1. The van der Waals surface area contributed by atoms with Crippen molar-refractivity contribution in [1.29, 1.82) is 0 Å². The Hall–Kier alpha value is -1.99. The molecule has 134 valence electrons. The van der Waals surface area contributed by atoms with Gasteiger partial charge in [0.25, 0.3) is 0 Å². The van der Waals surface area contributed by atoms with E-state index in [9.17, 15) is 8.42 Å². The molecule has 6 nitrogen and oxygen atoms in total. The van der Waals surface area contributed by atoms with Gasteiger partial charge in [0.1, 0.15) is 0 Å². The van der Waals surface area contributed by atoms with Crippen molar-refractivity contribution in [2.24, 2.45) is 5.92 Å². The number of piperidine rings is 1. The van der Waals surface area contributed by atoms with E-state index in [0.29, 0.717) is 17.2 Å². The third kappa shape index (κ3) is 3.82. The number of aryl methyl sites for hydroxylation is 1. The normalized spacial score (nSPS) is 18.4. The summed E-state index contributed by atoms with van der Waals surface area (Å²) in [4.78, 5) is 2.53. The molecule has 1 aromatic heterocycles. The van der Waals surface area contributed by atoms with E-state index in [0.717, 1.165) is 24.5 Å². The van der Waals surface area contributed by atoms with Crippen LogP contribution >= 0.6 is 0 Å². The lowest BCUT2D eigenvalue weighted by atomic mass is 10.0. The van der Waals surface area contributed by atoms with Gasteiger partial charge in [-0.3, -0.25) is 0 Å². The highest BCUT2D eigenvalue weighted by molar-refractivity contribution is 7.89. The molecule has 0 bridgehead atoms. The molecule has 1 fully saturated rings. The molecule has 0 spiro atoms. The molecular formula is C18H24N4O2S. The highest BCUT2D eigenvalue weighted by atomic mass is 32.2. The Balaban J connectivity index is 1.89. The van der Waals surface area contributed by atoms with E-state index in [1.807, 2.05) is 18.2 Å². The van der Waals surface area contributed by atoms with Gasteiger partial charge in [0.05, 0.1) is 10.6 Å². The molecule has 3 rings (SSSR count). The van der Waals surface area contributed by atoms with Gasteiger partial charge in [0, 0.05) is 18.7 Å². The maximum Gasteiger partial charge on any atom is 0.240 e. The monoisotopic (exact) mass is 360 g/mol. The average Bonchev–Trinajstić information content (AvgIpc) is 2.62. The molecule has 1 N–H and O–H groups in total. The molecule has 2 aromatic rings. The van der Waals surface area contributed by atoms with Gasteiger partial charge < -0.3 is 4.90 Å². The van der Waals surface area contributed by atoms with E-state index in [4.69, 9.17) is 0 Å². The van der Waals surface area contributed by atoms with E-state index in [1.165, 1.54) is 19.9 Å². The van der Waals surface area contributed by atoms with Crippen LogP contribution in [0.4, 0.5) is 5.82 Å². The molecule has 0 aliphatic carbocycles. The molecule has 2 heterocycles. The van der Waals surface area contributed by atoms with Crippen molar-refractivity contribution in [2.45, 2.75) is 31.6 Å². The lowest BCUT2D eigenvalue weighted by Gasteiger charge is -2.31. The first kappa shape index (κ1) is 17.8. The molecule has 1 aromatic carbocycles. The van der Waals surface area contributed by atoms with Gasteiger partial charge >= 0.3 is 0 Å². The van der Waals surface area contributed by atoms with E-state index < -0.39 is 10.0 Å². The fraction of sp³-hybridized carbons (Fsp3) is 0.444. The van der Waals surface area contributed by atoms with Crippen LogP contribution in [-0.4, -0.2) is 38.8 Å². The fourth-order valence-electron chi connectivity index (χ4n) is 3.20. The maximum atomic E-state index is 12.1. The molecule has 0 radical (unpaired) electrons. The first-order chi connectivity index (χ1) is 11.9. The number of sulfonamides is 1. The van der Waals surface area contributed by atoms with Crippen LogP contribution in [-0.2, 0) is 10.0 Å². The lowest BCUT2D eigenvalue weighted by molar-refractivity contribution is 0.444. The summed E-state index contributed by atoms with van der Waals surface area (Å²) in [6.07, 6.45) is 2.43. The van der Waals surface area contributed by atoms with E-state index >= 15 is 0 Å². The van der Waals surface area contributed by atoms with Crippen molar-refractivity contribution < 1.29 is 8.42 Å². The molecule has 1 atom stereocenters. The van der Waals surface area contributed by atoms with Crippen LogP contribution in [0.2, 0.25) is 0 Å². The average molecular weight is 360 g/mol. The number of nitrogens with zero attached hydrogens (tertiary/aromatic N) is 3. The Morgan fingerprint density at radius 3 is 2.64 bits per heavy atom. The largest absolute Gasteiger partial charge is 0.355 e. The molecular weight excluding hydrogens is 336 g/mol. The minimum Gasteiger partial charge on any atom is -0.355 e. The zero-order valence-corrected chi connectivity index (χ0v) is 15.7. The fourth-order valence-corrected chi connectivity index (χ4v) is 4.20. The zero-order valence-electron chi connectivity index (χ0n) is 14.9. The van der Waals surface area contributed by atoms with Crippen LogP contribution in [0.5, 0.6) is 0 Å². The SMILES string of the molecule is CNS(=O)(=O)c1cc(-c2ccc(N3CCC[C@@H](C)C3)nn2)ccc1C. The second-order valence-corrected chi connectivity index (χ2v) is 8.51. The summed E-state index contributed by atoms with van der Waals surface area (Å²) < 4.78 is 26.6. The minimum absolute atomic E-state index is 0.267. The van der Waals surface area contributed by atoms with Gasteiger partial charge in [-0.25, -0.2) is 13.1 Å². The first-order valence-electron chi connectivity index (χ1n) is 8.54. The Kier molecular flexibility index (Phi) is 5.06. The highest BCUT2D eigenvalue weighted by Gasteiger charge is 2.19. The van der Waals surface area contributed by atoms with Gasteiger partial charge in [-0.1, -0.05) is 19.1 Å². The van der Waals surface area contributed by atoms with Gasteiger partial charge in [-0.2, -0.15) is 0 Å². The number of nitrogens with one attached hydrogen (secondary N) is 1. The Labute approximate surface area is 149 Å². The number of hydrogen-bond donors (Lipinski definition) is 1. The minimum atomic E-state index is -3.50. The van der Waals surface area contributed by atoms with Crippen LogP contribution in [0.1, 0.15) is 25.3 Å². The van der Waals surface area contributed by atoms with Crippen LogP contribution in [0.25, 0.3) is 11.3 Å². The van der Waals surface area contributed by atoms with Gasteiger partial charge in [0.2, 0.25) is 10.0 Å². The summed E-state index contributed by atoms with van der Waals surface area (Å²) in [5, 5.41) is 8.68. The van der Waals surface area contributed by atoms with E-state index in [-0.39, 0.29) is 4.90 Å². The quantitative estimate of drug-likeness (QED) is 0.907. The van der Waals surface area contributed by atoms with Crippen molar-refractivity contribution in [1.82, 2.24) is 14.9 Å². The number of anilines is 1. The van der Waals surface area contributed by atoms with Gasteiger partial charge in [0.15, 0.2) is 5.82 Å². The number of rotatable bonds is 4. The molecule has 0 saturated carbocycles. The zero-order chi connectivity index (χ0) is 18.0. The van der Waals surface area contributed by atoms with Crippen molar-refractivity contribution in [3.63, 3.8) is 0 Å². The number of benzene rings is 1. The summed E-state index contributed by atoms with van der Waals surface area (Å²) in [6.45, 7) is 6.04. The smallest absolute Gasteiger partial charge is 0.240 e. The van der Waals surface area contributed by atoms with Crippen LogP contribution in [0.15, 0.2) is 35.2 Å². The second-order valence-electron chi connectivity index (χ2n) is 6.66. The lowest BCUT2D eigenvalue weighted by Crippen LogP contribution is -2.34. The first-order valence-corrected chi connectivity index (χ1v) is 10.0. The number of aromatic nitrogens is 2. The Bertz CT molecular complexity index is 850. The van der Waals surface area contributed by atoms with E-state index in [1.54, 1.807) is 19.1 Å². The molecule has 0 unspecified atom stereocenters. The van der Waals surface area contributed by atoms with Crippen LogP contribution in [0, 0.1) is 12.8 Å². The van der Waals surface area contributed by atoms with Crippen molar-refractivity contribution in [3.05, 3.63) is 35.9 Å². The van der Waals surface area contributed by atoms with Gasteiger partial charge in [-0.15, -0.1) is 10.2 Å². The summed E-state index contributed by atoms with van der Waals surface area (Å²) in [7, 11) is -2.08. The number of hydrogen-bond acceptors (Lipinski definition) is 5. The van der Waals surface area contributed by atoms with Crippen LogP contribution < -0.4 is 9.62 Å². The van der Waals surface area contributed by atoms with Gasteiger partial charge in [-0.05, 0) is 56.5 Å². The van der Waals surface area contributed by atoms with Crippen molar-refractivity contribution >= 4 is 15.8 Å². The molecule has 0 amide bonds. The van der Waals surface area contributed by atoms with Crippen molar-refractivity contribution in [3.8, 4) is 11.3 Å². The second kappa shape index (κ2) is 7.09. The third-order valence-corrected chi connectivity index (χ3v) is 6.23. The molecule has 1 saturated heterocycles. The Morgan fingerprint density at radius 2 is 2.00 bits per heavy atom. The Morgan fingerprint density at radius 1 is 1.20 bits per heavy atom. The molecule has 25 heavy (non-hydrogen) atoms. The summed E-state index contributed by atoms with van der Waals surface area (Å²) >= 11 is 0. The molecule has 1 aliphatic heterocycles. The molecule has 7 heteroatoms. The highest BCUT2D eigenvalue weighted by Crippen LogP contribution is 2.25. The van der Waals surface area contributed by atoms with Crippen LogP contribution in [0.3, 0.4) is 0 Å². The van der Waals surface area contributed by atoms with Crippen molar-refractivity contribution in [2.75, 3.05) is 25.0 Å². The summed E-state index contributed by atoms with van der Waals surface area (Å²) in [5.41, 5.74) is 2.11. The standard InChI is InChI=1S/C18H24N4O2S/c1-13-5-4-10-22(12-13)18-9-8-16(20-21-18)15-7-6-14(2)17(11-15)25(23,24)19-3/h6-9,11,13,19H,4-5,10,12H2,1-3H3/t13-/m1/s1. The topological polar surface area (TPSA) is 75.2 Å². The molecule has 1 aliphatic rings.